The van der Waals surface area contributed by atoms with E-state index in [0.29, 0.717) is 19.0 Å². The average Bonchev–Trinajstić information content (AvgIpc) is 3.46. The summed E-state index contributed by atoms with van der Waals surface area (Å²) in [6, 6.07) is 14.0. The van der Waals surface area contributed by atoms with Crippen molar-refractivity contribution in [2.45, 2.75) is 39.3 Å². The Bertz CT molecular complexity index is 850. The van der Waals surface area contributed by atoms with Gasteiger partial charge in [-0.3, -0.25) is 9.59 Å². The van der Waals surface area contributed by atoms with Gasteiger partial charge in [-0.05, 0) is 42.5 Å². The molecule has 1 aliphatic rings. The molecule has 0 saturated heterocycles. The van der Waals surface area contributed by atoms with Crippen molar-refractivity contribution < 1.29 is 9.59 Å². The Morgan fingerprint density at radius 1 is 1.14 bits per heavy atom. The number of rotatable bonds is 9. The fourth-order valence-corrected chi connectivity index (χ4v) is 3.40. The van der Waals surface area contributed by atoms with E-state index >= 15 is 0 Å². The lowest BCUT2D eigenvalue weighted by Gasteiger charge is -2.28. The third-order valence-electron chi connectivity index (χ3n) is 5.14. The van der Waals surface area contributed by atoms with Gasteiger partial charge in [-0.1, -0.05) is 44.2 Å². The van der Waals surface area contributed by atoms with E-state index in [0.717, 1.165) is 24.1 Å². The predicted octanol–water partition coefficient (Wildman–Crippen LogP) is 3.71. The first kappa shape index (κ1) is 20.9. The van der Waals surface area contributed by atoms with E-state index in [4.69, 9.17) is 0 Å². The zero-order chi connectivity index (χ0) is 20.8. The molecule has 0 spiro atoms. The second-order valence-corrected chi connectivity index (χ2v) is 8.22. The lowest BCUT2D eigenvalue weighted by Crippen LogP contribution is -2.44. The van der Waals surface area contributed by atoms with E-state index in [-0.39, 0.29) is 24.4 Å². The summed E-state index contributed by atoms with van der Waals surface area (Å²) in [5.41, 5.74) is 2.07. The van der Waals surface area contributed by atoms with Gasteiger partial charge in [0.25, 0.3) is 0 Å². The fourth-order valence-electron chi connectivity index (χ4n) is 3.40. The maximum Gasteiger partial charge on any atom is 0.247 e. The van der Waals surface area contributed by atoms with E-state index in [1.165, 1.54) is 0 Å². The normalized spacial score (nSPS) is 13.8. The first-order chi connectivity index (χ1) is 13.9. The number of hydrogen-bond acceptors (Lipinski definition) is 2. The van der Waals surface area contributed by atoms with Gasteiger partial charge in [0.15, 0.2) is 0 Å². The molecule has 1 aliphatic carbocycles. The van der Waals surface area contributed by atoms with Crippen molar-refractivity contribution in [3.63, 3.8) is 0 Å². The van der Waals surface area contributed by atoms with Crippen LogP contribution in [-0.4, -0.2) is 45.3 Å². The second-order valence-electron chi connectivity index (χ2n) is 8.22. The number of aromatic nitrogens is 1. The quantitative estimate of drug-likeness (QED) is 0.610. The zero-order valence-corrected chi connectivity index (χ0v) is 17.6. The molecule has 29 heavy (non-hydrogen) atoms. The summed E-state index contributed by atoms with van der Waals surface area (Å²) >= 11 is 0. The van der Waals surface area contributed by atoms with Gasteiger partial charge in [0.1, 0.15) is 6.54 Å². The van der Waals surface area contributed by atoms with Gasteiger partial charge in [-0.15, -0.1) is 0 Å². The van der Waals surface area contributed by atoms with Crippen molar-refractivity contribution in [2.75, 3.05) is 13.1 Å². The summed E-state index contributed by atoms with van der Waals surface area (Å²) in [7, 11) is 1.99. The molecule has 5 heteroatoms. The van der Waals surface area contributed by atoms with Crippen molar-refractivity contribution in [3.8, 4) is 0 Å². The largest absolute Gasteiger partial charge is 0.353 e. The highest BCUT2D eigenvalue weighted by Gasteiger charge is 2.34. The predicted molar refractivity (Wildman–Crippen MR) is 116 cm³/mol. The third-order valence-corrected chi connectivity index (χ3v) is 5.14. The van der Waals surface area contributed by atoms with Gasteiger partial charge in [-0.2, -0.15) is 0 Å². The third kappa shape index (κ3) is 6.08. The molecule has 0 bridgehead atoms. The van der Waals surface area contributed by atoms with Crippen LogP contribution in [0, 0.1) is 5.92 Å². The van der Waals surface area contributed by atoms with Crippen LogP contribution in [0.4, 0.5) is 0 Å². The molecule has 0 unspecified atom stereocenters. The maximum atomic E-state index is 13.1. The van der Waals surface area contributed by atoms with Crippen LogP contribution >= 0.6 is 0 Å². The zero-order valence-electron chi connectivity index (χ0n) is 17.6. The molecule has 1 aromatic carbocycles. The topological polar surface area (TPSA) is 45.6 Å². The molecule has 154 valence electrons. The van der Waals surface area contributed by atoms with Crippen LogP contribution in [-0.2, 0) is 23.2 Å². The number of hydrogen-bond donors (Lipinski definition) is 0. The molecule has 1 saturated carbocycles. The molecular formula is C24H31N3O2. The summed E-state index contributed by atoms with van der Waals surface area (Å²) < 4.78 is 2.03. The van der Waals surface area contributed by atoms with E-state index < -0.39 is 0 Å². The van der Waals surface area contributed by atoms with Crippen molar-refractivity contribution in [1.82, 2.24) is 14.4 Å². The molecule has 0 aliphatic heterocycles. The highest BCUT2D eigenvalue weighted by atomic mass is 16.2. The smallest absolute Gasteiger partial charge is 0.247 e. The molecule has 1 heterocycles. The van der Waals surface area contributed by atoms with Gasteiger partial charge in [-0.25, -0.2) is 0 Å². The Morgan fingerprint density at radius 3 is 2.45 bits per heavy atom. The maximum absolute atomic E-state index is 13.1. The van der Waals surface area contributed by atoms with Gasteiger partial charge < -0.3 is 14.4 Å². The Hall–Kier alpha value is -2.82. The molecule has 0 N–H and O–H groups in total. The standard InChI is InChI=1S/C24H31N3O2/c1-19(2)16-26(17-22-10-7-15-25(22)3)24(29)18-27(21-12-13-21)23(28)14-11-20-8-5-4-6-9-20/h4-11,14-15,19,21H,12-13,16-18H2,1-3H3/b14-11+. The Kier molecular flexibility index (Phi) is 6.91. The number of carbonyl (C=O) groups excluding carboxylic acids is 2. The second kappa shape index (κ2) is 9.59. The van der Waals surface area contributed by atoms with Crippen molar-refractivity contribution >= 4 is 17.9 Å². The van der Waals surface area contributed by atoms with Gasteiger partial charge >= 0.3 is 0 Å². The molecule has 1 aromatic heterocycles. The van der Waals surface area contributed by atoms with E-state index in [1.807, 2.05) is 71.3 Å². The van der Waals surface area contributed by atoms with Crippen molar-refractivity contribution in [2.24, 2.45) is 13.0 Å². The van der Waals surface area contributed by atoms with Gasteiger partial charge in [0, 0.05) is 37.6 Å². The van der Waals surface area contributed by atoms with Crippen molar-refractivity contribution in [3.05, 3.63) is 66.0 Å². The highest BCUT2D eigenvalue weighted by molar-refractivity contribution is 5.94. The summed E-state index contributed by atoms with van der Waals surface area (Å²) in [5, 5.41) is 0. The van der Waals surface area contributed by atoms with Gasteiger partial charge in [0.05, 0.1) is 6.54 Å². The minimum absolute atomic E-state index is 0.00765. The molecular weight excluding hydrogens is 362 g/mol. The van der Waals surface area contributed by atoms with Crippen LogP contribution in [0.2, 0.25) is 0 Å². The lowest BCUT2D eigenvalue weighted by molar-refractivity contribution is -0.139. The molecule has 2 aromatic rings. The van der Waals surface area contributed by atoms with E-state index in [2.05, 4.69) is 13.8 Å². The molecule has 2 amide bonds. The minimum Gasteiger partial charge on any atom is -0.353 e. The van der Waals surface area contributed by atoms with Crippen LogP contribution in [0.3, 0.4) is 0 Å². The number of nitrogens with zero attached hydrogens (tertiary/aromatic N) is 3. The van der Waals surface area contributed by atoms with Crippen molar-refractivity contribution in [1.29, 1.82) is 0 Å². The first-order valence-corrected chi connectivity index (χ1v) is 10.4. The minimum atomic E-state index is -0.0898. The fraction of sp³-hybridized carbons (Fsp3) is 0.417. The molecule has 3 rings (SSSR count). The van der Waals surface area contributed by atoms with Crippen LogP contribution in [0.1, 0.15) is 37.9 Å². The van der Waals surface area contributed by atoms with Crippen LogP contribution in [0.15, 0.2) is 54.7 Å². The summed E-state index contributed by atoms with van der Waals surface area (Å²) in [6.07, 6.45) is 7.34. The summed E-state index contributed by atoms with van der Waals surface area (Å²) in [4.78, 5) is 29.6. The Morgan fingerprint density at radius 2 is 1.86 bits per heavy atom. The molecule has 0 radical (unpaired) electrons. The summed E-state index contributed by atoms with van der Waals surface area (Å²) in [6.45, 7) is 5.60. The highest BCUT2D eigenvalue weighted by Crippen LogP contribution is 2.27. The number of benzene rings is 1. The van der Waals surface area contributed by atoms with Crippen LogP contribution in [0.25, 0.3) is 6.08 Å². The van der Waals surface area contributed by atoms with E-state index in [9.17, 15) is 9.59 Å². The Labute approximate surface area is 173 Å². The van der Waals surface area contributed by atoms with E-state index in [1.54, 1.807) is 11.0 Å². The Balaban J connectivity index is 1.68. The lowest BCUT2D eigenvalue weighted by atomic mass is 10.2. The molecule has 1 fully saturated rings. The first-order valence-electron chi connectivity index (χ1n) is 10.4. The summed E-state index contributed by atoms with van der Waals surface area (Å²) in [5.74, 6) is 0.281. The molecule has 5 nitrogen and oxygen atoms in total. The number of amides is 2. The molecule has 0 atom stereocenters. The number of aryl methyl sites for hydroxylation is 1. The van der Waals surface area contributed by atoms with Crippen LogP contribution in [0.5, 0.6) is 0 Å². The average molecular weight is 394 g/mol. The SMILES string of the molecule is CC(C)CN(Cc1cccn1C)C(=O)CN(C(=O)/C=C/c1ccccc1)C1CC1. The number of carbonyl (C=O) groups is 2. The van der Waals surface area contributed by atoms with Crippen LogP contribution < -0.4 is 0 Å². The van der Waals surface area contributed by atoms with Gasteiger partial charge in [0.2, 0.25) is 11.8 Å². The monoisotopic (exact) mass is 393 g/mol.